The molecule has 0 aliphatic rings. The van der Waals surface area contributed by atoms with Gasteiger partial charge in [0.25, 0.3) is 0 Å². The van der Waals surface area contributed by atoms with Crippen LogP contribution in [-0.4, -0.2) is 45.4 Å². The summed E-state index contributed by atoms with van der Waals surface area (Å²) in [5, 5.41) is 0. The Kier molecular flexibility index (Phi) is 8.36. The van der Waals surface area contributed by atoms with E-state index < -0.39 is 0 Å². The molecule has 0 unspecified atom stereocenters. The van der Waals surface area contributed by atoms with Gasteiger partial charge in [0.2, 0.25) is 0 Å². The predicted molar refractivity (Wildman–Crippen MR) is 39.1 cm³/mol. The van der Waals surface area contributed by atoms with Gasteiger partial charge in [-0.25, -0.2) is 0 Å². The molecule has 0 aromatic carbocycles. The minimum absolute atomic E-state index is 0. The zero-order valence-electron chi connectivity index (χ0n) is 7.09. The van der Waals surface area contributed by atoms with E-state index in [4.69, 9.17) is 4.74 Å². The van der Waals surface area contributed by atoms with Gasteiger partial charge in [0.1, 0.15) is 6.54 Å². The minimum atomic E-state index is 0. The Morgan fingerprint density at radius 1 is 1.30 bits per heavy atom. The second-order valence-corrected chi connectivity index (χ2v) is 3.13. The largest absolute Gasteiger partial charge is 0.408 e. The van der Waals surface area contributed by atoms with Crippen LogP contribution in [0.4, 0.5) is 0 Å². The summed E-state index contributed by atoms with van der Waals surface area (Å²) in [6.45, 7) is 6.02. The molecule has 0 aromatic rings. The third kappa shape index (κ3) is 11.4. The maximum absolute atomic E-state index is 5.08. The molecule has 0 spiro atoms. The molecule has 0 saturated heterocycles. The van der Waals surface area contributed by atoms with Gasteiger partial charge < -0.3 is 16.1 Å². The van der Waals surface area contributed by atoms with Crippen LogP contribution in [0, 0.1) is 6.92 Å². The van der Waals surface area contributed by atoms with Gasteiger partial charge >= 0.3 is 0 Å². The van der Waals surface area contributed by atoms with Crippen LogP contribution in [0.2, 0.25) is 0 Å². The third-order valence-corrected chi connectivity index (χ3v) is 1.05. The van der Waals surface area contributed by atoms with E-state index in [9.17, 15) is 0 Å². The second-order valence-electron chi connectivity index (χ2n) is 3.13. The van der Waals surface area contributed by atoms with Crippen molar-refractivity contribution in [1.29, 1.82) is 0 Å². The van der Waals surface area contributed by atoms with Crippen LogP contribution in [0.15, 0.2) is 0 Å². The number of ether oxygens (including phenoxy) is 1. The van der Waals surface area contributed by atoms with Crippen molar-refractivity contribution in [3.8, 4) is 0 Å². The summed E-state index contributed by atoms with van der Waals surface area (Å²) in [5.74, 6) is 0. The normalized spacial score (nSPS) is 10.8. The molecule has 0 heterocycles. The maximum Gasteiger partial charge on any atom is 0.102 e. The number of hydrogen-bond acceptors (Lipinski definition) is 1. The molecule has 62 valence electrons. The van der Waals surface area contributed by atoms with Crippen LogP contribution in [0.25, 0.3) is 0 Å². The first-order valence-corrected chi connectivity index (χ1v) is 3.24. The van der Waals surface area contributed by atoms with Crippen LogP contribution < -0.4 is 0 Å². The Labute approximate surface area is 78.4 Å². The molecule has 0 aliphatic heterocycles. The standard InChI is InChI=1S/C7H17NO.W/c1-5-9-7-6-8(2,3)4;/h1,5-7H2,2-4H3;. The van der Waals surface area contributed by atoms with Crippen molar-refractivity contribution in [3.05, 3.63) is 6.92 Å². The first kappa shape index (κ1) is 13.2. The quantitative estimate of drug-likeness (QED) is 0.418. The molecule has 0 rings (SSSR count). The van der Waals surface area contributed by atoms with Gasteiger partial charge in [-0.2, -0.15) is 0 Å². The smallest absolute Gasteiger partial charge is 0.102 e. The van der Waals surface area contributed by atoms with E-state index in [1.807, 2.05) is 0 Å². The first-order chi connectivity index (χ1) is 4.06. The summed E-state index contributed by atoms with van der Waals surface area (Å²) in [6.07, 6.45) is 0. The van der Waals surface area contributed by atoms with Gasteiger partial charge in [-0.15, -0.1) is 0 Å². The Bertz CT molecular complexity index is 70.5. The van der Waals surface area contributed by atoms with Crippen LogP contribution in [0.5, 0.6) is 0 Å². The molecule has 3 heteroatoms. The molecule has 0 aromatic heterocycles. The van der Waals surface area contributed by atoms with E-state index >= 15 is 0 Å². The van der Waals surface area contributed by atoms with E-state index in [-0.39, 0.29) is 21.1 Å². The first-order valence-electron chi connectivity index (χ1n) is 3.24. The van der Waals surface area contributed by atoms with E-state index in [2.05, 4.69) is 28.1 Å². The van der Waals surface area contributed by atoms with Crippen molar-refractivity contribution >= 4 is 0 Å². The molecule has 0 N–H and O–H groups in total. The van der Waals surface area contributed by atoms with Crippen molar-refractivity contribution < 1.29 is 30.3 Å². The third-order valence-electron chi connectivity index (χ3n) is 1.05. The topological polar surface area (TPSA) is 9.23 Å². The molecule has 0 fully saturated rings. The molecule has 2 nitrogen and oxygen atoms in total. The van der Waals surface area contributed by atoms with Crippen LogP contribution >= 0.6 is 0 Å². The summed E-state index contributed by atoms with van der Waals surface area (Å²) in [4.78, 5) is 0. The second kappa shape index (κ2) is 6.33. The van der Waals surface area contributed by atoms with Crippen molar-refractivity contribution in [2.24, 2.45) is 0 Å². The monoisotopic (exact) mass is 315 g/mol. The van der Waals surface area contributed by atoms with Gasteiger partial charge in [0, 0.05) is 21.1 Å². The zero-order valence-corrected chi connectivity index (χ0v) is 10.0. The number of quaternary nitrogens is 1. The van der Waals surface area contributed by atoms with Gasteiger partial charge in [0.15, 0.2) is 0 Å². The molecule has 0 aliphatic carbocycles. The number of likely N-dealkylation sites (N-methyl/N-ethyl adjacent to an activating group) is 1. The predicted octanol–water partition coefficient (Wildman–Crippen LogP) is 0.541. The Morgan fingerprint density at radius 2 is 1.80 bits per heavy atom. The minimum Gasteiger partial charge on any atom is -0.408 e. The van der Waals surface area contributed by atoms with Gasteiger partial charge in [-0.1, -0.05) is 6.61 Å². The van der Waals surface area contributed by atoms with Gasteiger partial charge in [-0.05, 0) is 0 Å². The van der Waals surface area contributed by atoms with Crippen LogP contribution in [-0.2, 0) is 25.8 Å². The number of hydrogen-bond donors (Lipinski definition) is 0. The average molecular weight is 315 g/mol. The fourth-order valence-electron chi connectivity index (χ4n) is 0.440. The average Bonchev–Trinajstić information content (AvgIpc) is 1.63. The van der Waals surface area contributed by atoms with Crippen LogP contribution in [0.3, 0.4) is 0 Å². The molecule has 0 amide bonds. The molecular weight excluding hydrogens is 298 g/mol. The molecule has 10 heavy (non-hydrogen) atoms. The van der Waals surface area contributed by atoms with Crippen molar-refractivity contribution in [3.63, 3.8) is 0 Å². The summed E-state index contributed by atoms with van der Waals surface area (Å²) >= 11 is 0. The summed E-state index contributed by atoms with van der Waals surface area (Å²) in [5.41, 5.74) is 0. The zero-order chi connectivity index (χ0) is 7.33. The fraction of sp³-hybridized carbons (Fsp3) is 0.857. The van der Waals surface area contributed by atoms with Crippen molar-refractivity contribution in [2.75, 3.05) is 40.9 Å². The van der Waals surface area contributed by atoms with E-state index in [0.29, 0.717) is 6.61 Å². The fourth-order valence-corrected chi connectivity index (χ4v) is 0.440. The Morgan fingerprint density at radius 3 is 2.10 bits per heavy atom. The van der Waals surface area contributed by atoms with Gasteiger partial charge in [0.05, 0.1) is 27.7 Å². The molecule has 0 atom stereocenters. The maximum atomic E-state index is 5.08. The number of rotatable bonds is 4. The number of nitrogens with zero attached hydrogens (tertiary/aromatic N) is 1. The Hall–Kier alpha value is 0.608. The summed E-state index contributed by atoms with van der Waals surface area (Å²) < 4.78 is 6.04. The van der Waals surface area contributed by atoms with E-state index in [0.717, 1.165) is 17.6 Å². The summed E-state index contributed by atoms with van der Waals surface area (Å²) in [6, 6.07) is 0. The van der Waals surface area contributed by atoms with Gasteiger partial charge in [-0.3, -0.25) is 0 Å². The molecule has 0 bridgehead atoms. The van der Waals surface area contributed by atoms with E-state index in [1.165, 1.54) is 0 Å². The molecular formula is C7H17NOW. The molecule has 0 radical (unpaired) electrons. The van der Waals surface area contributed by atoms with Crippen molar-refractivity contribution in [2.45, 2.75) is 0 Å². The SMILES string of the molecule is [CH2-]COCC[N+](C)(C)C.[W]. The Balaban J connectivity index is 0. The van der Waals surface area contributed by atoms with Crippen molar-refractivity contribution in [1.82, 2.24) is 0 Å². The molecule has 0 saturated carbocycles. The van der Waals surface area contributed by atoms with Crippen LogP contribution in [0.1, 0.15) is 0 Å². The summed E-state index contributed by atoms with van der Waals surface area (Å²) in [7, 11) is 6.44. The van der Waals surface area contributed by atoms with E-state index in [1.54, 1.807) is 0 Å².